The van der Waals surface area contributed by atoms with Crippen LogP contribution in [0.4, 0.5) is 21.0 Å². The molecule has 1 aromatic heterocycles. The summed E-state index contributed by atoms with van der Waals surface area (Å²) in [5, 5.41) is 5.31. The molecule has 0 saturated carbocycles. The third-order valence-corrected chi connectivity index (χ3v) is 4.91. The zero-order chi connectivity index (χ0) is 22.5. The number of amides is 2. The Balaban J connectivity index is 2.35. The first-order valence-corrected chi connectivity index (χ1v) is 10.0. The van der Waals surface area contributed by atoms with Gasteiger partial charge in [0.2, 0.25) is 0 Å². The molecule has 1 aromatic rings. The number of aromatic nitrogens is 1. The minimum Gasteiger partial charge on any atom is -0.453 e. The van der Waals surface area contributed by atoms with E-state index in [0.29, 0.717) is 18.8 Å². The van der Waals surface area contributed by atoms with Crippen molar-refractivity contribution >= 4 is 40.9 Å². The van der Waals surface area contributed by atoms with Crippen molar-refractivity contribution in [3.63, 3.8) is 0 Å². The minimum absolute atomic E-state index is 0.000243. The number of methoxy groups -OCH3 is 1. The van der Waals surface area contributed by atoms with Crippen LogP contribution in [0.15, 0.2) is 23.5 Å². The lowest BCUT2D eigenvalue weighted by atomic mass is 9.88. The molecule has 0 spiro atoms. The molecule has 2 amide bonds. The molecule has 0 aromatic carbocycles. The quantitative estimate of drug-likeness (QED) is 0.573. The van der Waals surface area contributed by atoms with Gasteiger partial charge < -0.3 is 24.6 Å². The first kappa shape index (κ1) is 23.6. The molecule has 2 rings (SSSR count). The van der Waals surface area contributed by atoms with E-state index in [9.17, 15) is 9.59 Å². The molecule has 0 radical (unpaired) electrons. The number of nitrogens with one attached hydrogen (secondary N) is 1. The fourth-order valence-corrected chi connectivity index (χ4v) is 3.86. The van der Waals surface area contributed by atoms with Gasteiger partial charge in [-0.3, -0.25) is 4.98 Å². The van der Waals surface area contributed by atoms with Gasteiger partial charge in [0, 0.05) is 26.3 Å². The third-order valence-electron chi connectivity index (χ3n) is 4.82. The van der Waals surface area contributed by atoms with E-state index in [1.165, 1.54) is 12.0 Å². The number of isothiocyanates is 1. The molecule has 10 heteroatoms. The Morgan fingerprint density at radius 1 is 1.40 bits per heavy atom. The summed E-state index contributed by atoms with van der Waals surface area (Å²) in [7, 11) is 3.00. The Bertz CT molecular complexity index is 822. The number of rotatable bonds is 4. The minimum atomic E-state index is -0.639. The van der Waals surface area contributed by atoms with Crippen LogP contribution in [0.25, 0.3) is 0 Å². The van der Waals surface area contributed by atoms with Gasteiger partial charge in [0.15, 0.2) is 0 Å². The first-order chi connectivity index (χ1) is 14.1. The molecule has 0 bridgehead atoms. The predicted molar refractivity (Wildman–Crippen MR) is 117 cm³/mol. The average Bonchev–Trinajstić information content (AvgIpc) is 2.65. The molecule has 1 fully saturated rings. The van der Waals surface area contributed by atoms with Crippen LogP contribution >= 0.6 is 12.2 Å². The normalized spacial score (nSPS) is 21.3. The third kappa shape index (κ3) is 5.90. The van der Waals surface area contributed by atoms with Crippen LogP contribution in [0.5, 0.6) is 0 Å². The Morgan fingerprint density at radius 2 is 2.10 bits per heavy atom. The number of pyridine rings is 1. The molecule has 2 heterocycles. The number of alkyl carbamates (subject to hydrolysis) is 1. The molecule has 3 atom stereocenters. The van der Waals surface area contributed by atoms with Crippen LogP contribution < -0.4 is 10.2 Å². The van der Waals surface area contributed by atoms with Crippen LogP contribution in [-0.2, 0) is 9.47 Å². The van der Waals surface area contributed by atoms with E-state index in [4.69, 9.17) is 21.7 Å². The van der Waals surface area contributed by atoms with Gasteiger partial charge in [-0.05, 0) is 45.0 Å². The Kier molecular flexibility index (Phi) is 7.75. The molecule has 30 heavy (non-hydrogen) atoms. The van der Waals surface area contributed by atoms with E-state index in [-0.39, 0.29) is 12.0 Å². The number of hydrogen-bond donors (Lipinski definition) is 1. The molecule has 1 aliphatic heterocycles. The monoisotopic (exact) mass is 435 g/mol. The number of carbonyl (C=O) groups is 2. The summed E-state index contributed by atoms with van der Waals surface area (Å²) in [6, 6.07) is 1.14. The highest BCUT2D eigenvalue weighted by molar-refractivity contribution is 7.78. The zero-order valence-electron chi connectivity index (χ0n) is 18.2. The van der Waals surface area contributed by atoms with Gasteiger partial charge in [-0.2, -0.15) is 4.99 Å². The Hall–Kier alpha value is -2.71. The van der Waals surface area contributed by atoms with Crippen molar-refractivity contribution in [2.24, 2.45) is 10.9 Å². The van der Waals surface area contributed by atoms with Gasteiger partial charge >= 0.3 is 12.2 Å². The molecule has 1 N–H and O–H groups in total. The second kappa shape index (κ2) is 9.86. The lowest BCUT2D eigenvalue weighted by Crippen LogP contribution is -2.64. The maximum absolute atomic E-state index is 12.5. The van der Waals surface area contributed by atoms with Crippen LogP contribution in [-0.4, -0.2) is 72.2 Å². The number of carbonyl (C=O) groups excluding carboxylic acids is 2. The van der Waals surface area contributed by atoms with Gasteiger partial charge in [-0.25, -0.2) is 9.59 Å². The molecule has 1 aliphatic rings. The van der Waals surface area contributed by atoms with E-state index in [2.05, 4.69) is 25.4 Å². The van der Waals surface area contributed by atoms with Gasteiger partial charge in [-0.15, -0.1) is 0 Å². The number of piperidine rings is 1. The average molecular weight is 436 g/mol. The highest BCUT2D eigenvalue weighted by Crippen LogP contribution is 2.32. The van der Waals surface area contributed by atoms with Crippen LogP contribution in [0.3, 0.4) is 0 Å². The summed E-state index contributed by atoms with van der Waals surface area (Å²) < 4.78 is 10.3. The zero-order valence-corrected chi connectivity index (χ0v) is 19.0. The first-order valence-electron chi connectivity index (χ1n) is 9.64. The maximum Gasteiger partial charge on any atom is 0.409 e. The summed E-state index contributed by atoms with van der Waals surface area (Å²) >= 11 is 4.75. The number of likely N-dealkylation sites (N-methyl/N-ethyl adjacent to an activating group) is 1. The summed E-state index contributed by atoms with van der Waals surface area (Å²) in [6.45, 7) is 8.47. The van der Waals surface area contributed by atoms with Crippen molar-refractivity contribution in [2.45, 2.75) is 45.4 Å². The van der Waals surface area contributed by atoms with Gasteiger partial charge in [0.25, 0.3) is 0 Å². The van der Waals surface area contributed by atoms with E-state index >= 15 is 0 Å². The molecule has 1 saturated heterocycles. The fraction of sp³-hybridized carbons (Fsp3) is 0.600. The number of thiocarbonyl (C=S) groups is 1. The maximum atomic E-state index is 12.5. The standard InChI is InChI=1S/C20H29N5O4S/c1-13-10-25(16-7-8-21-9-14(16)22-12-30)11-15(17(13)24(5)19(27)28-6)23-18(26)29-20(2,3)4/h7-9,13,15,17H,10-11H2,1-6H3,(H,23,26). The number of anilines is 1. The summed E-state index contributed by atoms with van der Waals surface area (Å²) in [5.41, 5.74) is 0.778. The van der Waals surface area contributed by atoms with E-state index in [1.807, 2.05) is 13.0 Å². The van der Waals surface area contributed by atoms with Crippen molar-refractivity contribution in [1.82, 2.24) is 15.2 Å². The molecule has 164 valence electrons. The van der Waals surface area contributed by atoms with Crippen molar-refractivity contribution in [2.75, 3.05) is 32.1 Å². The number of aliphatic imine (C=N–C) groups is 1. The second-order valence-electron chi connectivity index (χ2n) is 8.27. The smallest absolute Gasteiger partial charge is 0.409 e. The Morgan fingerprint density at radius 3 is 2.70 bits per heavy atom. The van der Waals surface area contributed by atoms with E-state index in [1.54, 1.807) is 40.2 Å². The SMILES string of the molecule is COC(=O)N(C)C1C(C)CN(c2ccncc2N=C=S)CC1NC(=O)OC(C)(C)C. The van der Waals surface area contributed by atoms with E-state index in [0.717, 1.165) is 5.69 Å². The summed E-state index contributed by atoms with van der Waals surface area (Å²) in [5.74, 6) is 0.000243. The van der Waals surface area contributed by atoms with Gasteiger partial charge in [-0.1, -0.05) is 6.92 Å². The summed E-state index contributed by atoms with van der Waals surface area (Å²) in [4.78, 5) is 36.5. The van der Waals surface area contributed by atoms with Gasteiger partial charge in [0.1, 0.15) is 11.3 Å². The highest BCUT2D eigenvalue weighted by Gasteiger charge is 2.41. The van der Waals surface area contributed by atoms with Crippen LogP contribution in [0.1, 0.15) is 27.7 Å². The van der Waals surface area contributed by atoms with Crippen molar-refractivity contribution < 1.29 is 19.1 Å². The van der Waals surface area contributed by atoms with Crippen molar-refractivity contribution in [3.05, 3.63) is 18.5 Å². The van der Waals surface area contributed by atoms with Crippen LogP contribution in [0, 0.1) is 5.92 Å². The Labute approximate surface area is 182 Å². The van der Waals surface area contributed by atoms with Crippen molar-refractivity contribution in [3.8, 4) is 0 Å². The molecule has 3 unspecified atom stereocenters. The molecule has 9 nitrogen and oxygen atoms in total. The predicted octanol–water partition coefficient (Wildman–Crippen LogP) is 3.23. The number of hydrogen-bond acceptors (Lipinski definition) is 8. The lowest BCUT2D eigenvalue weighted by Gasteiger charge is -2.46. The largest absolute Gasteiger partial charge is 0.453 e. The molecular formula is C20H29N5O4S. The fourth-order valence-electron chi connectivity index (χ4n) is 3.76. The highest BCUT2D eigenvalue weighted by atomic mass is 32.1. The number of nitrogens with zero attached hydrogens (tertiary/aromatic N) is 4. The second-order valence-corrected chi connectivity index (χ2v) is 8.46. The topological polar surface area (TPSA) is 96.4 Å². The van der Waals surface area contributed by atoms with E-state index < -0.39 is 23.8 Å². The summed E-state index contributed by atoms with van der Waals surface area (Å²) in [6.07, 6.45) is 2.27. The number of ether oxygens (including phenoxy) is 2. The van der Waals surface area contributed by atoms with Crippen molar-refractivity contribution in [1.29, 1.82) is 0 Å². The lowest BCUT2D eigenvalue weighted by molar-refractivity contribution is 0.0412. The molecule has 0 aliphatic carbocycles. The van der Waals surface area contributed by atoms with Crippen LogP contribution in [0.2, 0.25) is 0 Å². The molecular weight excluding hydrogens is 406 g/mol. The van der Waals surface area contributed by atoms with Gasteiger partial charge in [0.05, 0.1) is 36.2 Å².